The van der Waals surface area contributed by atoms with Gasteiger partial charge in [0, 0.05) is 7.26 Å². The molecule has 0 N–H and O–H groups in total. The van der Waals surface area contributed by atoms with Gasteiger partial charge in [-0.1, -0.05) is 381 Å². The lowest BCUT2D eigenvalue weighted by Gasteiger charge is -2.28. The largest absolute Gasteiger partial charge is 0.0654 e. The summed E-state index contributed by atoms with van der Waals surface area (Å²) in [4.78, 5) is 0. The van der Waals surface area contributed by atoms with E-state index in [0.29, 0.717) is 0 Å². The molecule has 72 heavy (non-hydrogen) atoms. The molecule has 0 heterocycles. The van der Waals surface area contributed by atoms with Crippen LogP contribution in [0, 0.1) is 0 Å². The summed E-state index contributed by atoms with van der Waals surface area (Å²) in [6, 6.07) is 0. The molecule has 0 nitrogen and oxygen atoms in total. The summed E-state index contributed by atoms with van der Waals surface area (Å²) in [5.41, 5.74) is 0. The van der Waals surface area contributed by atoms with E-state index in [1.54, 1.807) is 50.3 Å². The zero-order valence-corrected chi connectivity index (χ0v) is 52.7. The van der Waals surface area contributed by atoms with Gasteiger partial charge in [-0.25, -0.2) is 0 Å². The Morgan fingerprint density at radius 2 is 0.194 bits per heavy atom. The van der Waals surface area contributed by atoms with Gasteiger partial charge in [0.2, 0.25) is 0 Å². The van der Waals surface area contributed by atoms with E-state index in [1.165, 1.54) is 379 Å². The first-order valence-electron chi connectivity index (χ1n) is 35.6. The molecule has 0 rings (SSSR count). The van der Waals surface area contributed by atoms with Crippen molar-refractivity contribution in [2.24, 2.45) is 0 Å². The summed E-state index contributed by atoms with van der Waals surface area (Å²) in [7, 11) is -0.846. The normalized spacial score (nSPS) is 12.0. The average Bonchev–Trinajstić information content (AvgIpc) is 3.39. The molecule has 0 unspecified atom stereocenters. The molecule has 0 spiro atoms. The molecule has 0 saturated carbocycles. The summed E-state index contributed by atoms with van der Waals surface area (Å²) in [6.45, 7) is 9.34. The zero-order chi connectivity index (χ0) is 51.9. The summed E-state index contributed by atoms with van der Waals surface area (Å²) in [5.74, 6) is 0. The van der Waals surface area contributed by atoms with Crippen molar-refractivity contribution in [1.29, 1.82) is 0 Å². The summed E-state index contributed by atoms with van der Waals surface area (Å²) >= 11 is 0. The summed E-state index contributed by atoms with van der Waals surface area (Å²) in [5, 5.41) is 0. The molecule has 0 aromatic rings. The van der Waals surface area contributed by atoms with E-state index in [1.807, 2.05) is 0 Å². The fraction of sp³-hybridized carbons (Fsp3) is 1.00. The van der Waals surface area contributed by atoms with E-state index in [4.69, 9.17) is 0 Å². The molecule has 0 aliphatic heterocycles. The van der Waals surface area contributed by atoms with Crippen LogP contribution in [0.3, 0.4) is 0 Å². The topological polar surface area (TPSA) is 0 Å². The predicted molar refractivity (Wildman–Crippen MR) is 340 cm³/mol. The van der Waals surface area contributed by atoms with E-state index in [0.717, 1.165) is 0 Å². The van der Waals surface area contributed by atoms with Crippen LogP contribution < -0.4 is 0 Å². The van der Waals surface area contributed by atoms with E-state index in [2.05, 4.69) is 27.7 Å². The van der Waals surface area contributed by atoms with Crippen molar-refractivity contribution >= 4 is 7.26 Å². The molecule has 0 atom stereocenters. The standard InChI is InChI=1S/C71H146P/c1-5-9-13-17-21-25-29-33-36-39-42-45-49-53-57-61-65-69-72(68-64-60-56-52-48-32-28-24-20-16-12-8-4,70-66-62-58-54-50-46-43-40-37-34-30-26-22-18-14-10-6-2)71-67-63-59-55-51-47-44-41-38-35-31-27-23-19-15-11-7-3/h5-71H2,1-4H3/q+1. The van der Waals surface area contributed by atoms with Crippen LogP contribution in [0.5, 0.6) is 0 Å². The molecule has 0 radical (unpaired) electrons. The minimum absolute atomic E-state index is 0.846. The van der Waals surface area contributed by atoms with Crippen molar-refractivity contribution in [1.82, 2.24) is 0 Å². The fourth-order valence-electron chi connectivity index (χ4n) is 12.5. The highest BCUT2D eigenvalue weighted by Crippen LogP contribution is 2.61. The van der Waals surface area contributed by atoms with Gasteiger partial charge >= 0.3 is 0 Å². The smallest absolute Gasteiger partial charge is 0.0594 e. The van der Waals surface area contributed by atoms with Gasteiger partial charge in [0.25, 0.3) is 0 Å². The maximum absolute atomic E-state index is 2.35. The third-order valence-electron chi connectivity index (χ3n) is 17.7. The van der Waals surface area contributed by atoms with E-state index < -0.39 is 7.26 Å². The van der Waals surface area contributed by atoms with E-state index in [9.17, 15) is 0 Å². The first-order chi connectivity index (χ1) is 35.7. The SMILES string of the molecule is CCCCCCCCCCCCCCCCCCC[P+](CCCCCCCCCCCCCC)(CCCCCCCCCCCCCCCCCCC)CCCCCCCCCCCCCCCCCCC. The van der Waals surface area contributed by atoms with Crippen molar-refractivity contribution in [3.8, 4) is 0 Å². The van der Waals surface area contributed by atoms with Crippen LogP contribution in [-0.4, -0.2) is 24.6 Å². The highest BCUT2D eigenvalue weighted by atomic mass is 31.2. The van der Waals surface area contributed by atoms with Crippen molar-refractivity contribution in [3.63, 3.8) is 0 Å². The highest BCUT2D eigenvalue weighted by molar-refractivity contribution is 7.75. The second-order valence-electron chi connectivity index (χ2n) is 25.1. The van der Waals surface area contributed by atoms with Crippen LogP contribution in [0.15, 0.2) is 0 Å². The maximum Gasteiger partial charge on any atom is 0.0594 e. The molecule has 0 amide bonds. The van der Waals surface area contributed by atoms with Gasteiger partial charge in [-0.2, -0.15) is 0 Å². The van der Waals surface area contributed by atoms with Gasteiger partial charge in [0.15, 0.2) is 0 Å². The average molecular weight is 1030 g/mol. The Hall–Kier alpha value is 0.430. The van der Waals surface area contributed by atoms with Crippen molar-refractivity contribution < 1.29 is 0 Å². The van der Waals surface area contributed by atoms with Crippen LogP contribution >= 0.6 is 7.26 Å². The van der Waals surface area contributed by atoms with Crippen LogP contribution in [0.25, 0.3) is 0 Å². The first-order valence-corrected chi connectivity index (χ1v) is 38.1. The van der Waals surface area contributed by atoms with Gasteiger partial charge in [0.1, 0.15) is 0 Å². The molecule has 0 fully saturated rings. The monoisotopic (exact) mass is 1030 g/mol. The Morgan fingerprint density at radius 3 is 0.292 bits per heavy atom. The lowest BCUT2D eigenvalue weighted by Crippen LogP contribution is -2.13. The van der Waals surface area contributed by atoms with Crippen LogP contribution in [0.1, 0.15) is 432 Å². The van der Waals surface area contributed by atoms with Crippen LogP contribution in [0.2, 0.25) is 0 Å². The lowest BCUT2D eigenvalue weighted by atomic mass is 10.0. The lowest BCUT2D eigenvalue weighted by molar-refractivity contribution is 0.528. The number of hydrogen-bond acceptors (Lipinski definition) is 0. The van der Waals surface area contributed by atoms with E-state index in [-0.39, 0.29) is 0 Å². The molecular formula is C71H146P+. The fourth-order valence-corrected chi connectivity index (χ4v) is 17.4. The number of unbranched alkanes of at least 4 members (excludes halogenated alkanes) is 59. The number of rotatable bonds is 67. The Balaban J connectivity index is 4.91. The van der Waals surface area contributed by atoms with E-state index >= 15 is 0 Å². The molecule has 0 aromatic carbocycles. The minimum Gasteiger partial charge on any atom is -0.0654 e. The Kier molecular flexibility index (Phi) is 66.1. The van der Waals surface area contributed by atoms with Gasteiger partial charge in [0.05, 0.1) is 24.6 Å². The quantitative estimate of drug-likeness (QED) is 0.0421. The van der Waals surface area contributed by atoms with Gasteiger partial charge in [-0.05, 0) is 51.4 Å². The second kappa shape index (κ2) is 65.7. The van der Waals surface area contributed by atoms with Gasteiger partial charge in [-0.3, -0.25) is 0 Å². The molecule has 0 aromatic heterocycles. The molecule has 1 heteroatoms. The second-order valence-corrected chi connectivity index (χ2v) is 29.6. The molecule has 0 aliphatic carbocycles. The van der Waals surface area contributed by atoms with Crippen LogP contribution in [0.4, 0.5) is 0 Å². The maximum atomic E-state index is 2.35. The van der Waals surface area contributed by atoms with Gasteiger partial charge < -0.3 is 0 Å². The predicted octanol–water partition coefficient (Wildman–Crippen LogP) is 27.7. The zero-order valence-electron chi connectivity index (χ0n) is 51.8. The number of hydrogen-bond donors (Lipinski definition) is 0. The van der Waals surface area contributed by atoms with Crippen molar-refractivity contribution in [2.75, 3.05) is 24.6 Å². The summed E-state index contributed by atoms with van der Waals surface area (Å²) < 4.78 is 0. The molecule has 0 saturated heterocycles. The molecule has 0 aliphatic rings. The summed E-state index contributed by atoms with van der Waals surface area (Å²) in [6.07, 6.45) is 101. The third kappa shape index (κ3) is 59.7. The Labute approximate surface area is 461 Å². The first kappa shape index (κ1) is 72.4. The van der Waals surface area contributed by atoms with Crippen LogP contribution in [-0.2, 0) is 0 Å². The molecule has 434 valence electrons. The Morgan fingerprint density at radius 1 is 0.111 bits per heavy atom. The highest BCUT2D eigenvalue weighted by Gasteiger charge is 2.35. The van der Waals surface area contributed by atoms with Crippen molar-refractivity contribution in [2.45, 2.75) is 432 Å². The molecular weight excluding hydrogens is 884 g/mol. The van der Waals surface area contributed by atoms with Crippen molar-refractivity contribution in [3.05, 3.63) is 0 Å². The van der Waals surface area contributed by atoms with Gasteiger partial charge in [-0.15, -0.1) is 0 Å². The molecule has 0 bridgehead atoms. The third-order valence-corrected chi connectivity index (χ3v) is 22.8. The minimum atomic E-state index is -0.846. The Bertz CT molecular complexity index is 816.